The minimum absolute atomic E-state index is 0.225. The minimum Gasteiger partial charge on any atom is -0.480 e. The number of halogens is 1. The second kappa shape index (κ2) is 7.01. The van der Waals surface area contributed by atoms with Gasteiger partial charge in [-0.05, 0) is 35.2 Å². The summed E-state index contributed by atoms with van der Waals surface area (Å²) in [6, 6.07) is 13.4. The summed E-state index contributed by atoms with van der Waals surface area (Å²) in [6.45, 7) is 2.35. The second-order valence-electron chi connectivity index (χ2n) is 6.26. The topological polar surface area (TPSA) is 43.8 Å². The first-order valence-electron chi connectivity index (χ1n) is 8.03. The third kappa shape index (κ3) is 3.74. The number of fused-ring (bicyclic) bond motifs is 1. The smallest absolute Gasteiger partial charge is 0.323 e. The van der Waals surface area contributed by atoms with E-state index in [1.807, 2.05) is 0 Å². The van der Waals surface area contributed by atoms with Gasteiger partial charge in [0, 0.05) is 26.7 Å². The molecular weight excluding hydrogens is 307 g/mol. The molecule has 1 aliphatic rings. The van der Waals surface area contributed by atoms with Crippen LogP contribution in [0.2, 0.25) is 0 Å². The van der Waals surface area contributed by atoms with Crippen molar-refractivity contribution in [2.24, 2.45) is 0 Å². The SMILES string of the molecule is CN(CC(=O)O)c1cc(CN2CCc3ccccc3C2)ccc1F. The summed E-state index contributed by atoms with van der Waals surface area (Å²) < 4.78 is 14.0. The molecule has 3 rings (SSSR count). The molecular formula is C19H21FN2O2. The van der Waals surface area contributed by atoms with Crippen molar-refractivity contribution in [3.05, 3.63) is 65.0 Å². The molecule has 0 radical (unpaired) electrons. The number of hydrogen-bond acceptors (Lipinski definition) is 3. The van der Waals surface area contributed by atoms with Gasteiger partial charge in [0.05, 0.1) is 5.69 Å². The van der Waals surface area contributed by atoms with Gasteiger partial charge < -0.3 is 10.0 Å². The zero-order valence-corrected chi connectivity index (χ0v) is 13.7. The molecule has 0 amide bonds. The number of carboxylic acid groups (broad SMARTS) is 1. The van der Waals surface area contributed by atoms with Crippen molar-refractivity contribution >= 4 is 11.7 Å². The molecule has 126 valence electrons. The van der Waals surface area contributed by atoms with Crippen LogP contribution in [0.1, 0.15) is 16.7 Å². The Labute approximate surface area is 141 Å². The molecule has 0 fully saturated rings. The number of carbonyl (C=O) groups is 1. The number of nitrogens with zero attached hydrogens (tertiary/aromatic N) is 2. The largest absolute Gasteiger partial charge is 0.480 e. The van der Waals surface area contributed by atoms with E-state index in [1.165, 1.54) is 22.1 Å². The van der Waals surface area contributed by atoms with Crippen LogP contribution < -0.4 is 4.90 Å². The third-order valence-electron chi connectivity index (χ3n) is 4.41. The van der Waals surface area contributed by atoms with Crippen LogP contribution in [0.5, 0.6) is 0 Å². The molecule has 1 N–H and O–H groups in total. The maximum absolute atomic E-state index is 14.0. The van der Waals surface area contributed by atoms with Crippen LogP contribution in [0.25, 0.3) is 0 Å². The Bertz CT molecular complexity index is 748. The molecule has 0 atom stereocenters. The average molecular weight is 328 g/mol. The Kier molecular flexibility index (Phi) is 4.81. The highest BCUT2D eigenvalue weighted by Crippen LogP contribution is 2.24. The Balaban J connectivity index is 1.73. The lowest BCUT2D eigenvalue weighted by Gasteiger charge is -2.29. The van der Waals surface area contributed by atoms with Crippen molar-refractivity contribution in [1.29, 1.82) is 0 Å². The molecule has 0 bridgehead atoms. The molecule has 5 heteroatoms. The van der Waals surface area contributed by atoms with Crippen molar-refractivity contribution in [1.82, 2.24) is 4.90 Å². The number of likely N-dealkylation sites (N-methyl/N-ethyl adjacent to an activating group) is 1. The molecule has 1 aliphatic heterocycles. The van der Waals surface area contributed by atoms with E-state index in [2.05, 4.69) is 29.2 Å². The standard InChI is InChI=1S/C19H21FN2O2/c1-21(13-19(23)24)18-10-14(6-7-17(18)20)11-22-9-8-15-4-2-3-5-16(15)12-22/h2-7,10H,8-9,11-13H2,1H3,(H,23,24). The van der Waals surface area contributed by atoms with Gasteiger partial charge in [-0.25, -0.2) is 4.39 Å². The highest BCUT2D eigenvalue weighted by atomic mass is 19.1. The fraction of sp³-hybridized carbons (Fsp3) is 0.316. The predicted molar refractivity (Wildman–Crippen MR) is 91.6 cm³/mol. The molecule has 2 aromatic carbocycles. The zero-order valence-electron chi connectivity index (χ0n) is 13.7. The first-order chi connectivity index (χ1) is 11.5. The van der Waals surface area contributed by atoms with Gasteiger partial charge in [0.15, 0.2) is 0 Å². The number of benzene rings is 2. The van der Waals surface area contributed by atoms with Crippen LogP contribution >= 0.6 is 0 Å². The van der Waals surface area contributed by atoms with Gasteiger partial charge in [-0.1, -0.05) is 30.3 Å². The minimum atomic E-state index is -0.977. The first-order valence-corrected chi connectivity index (χ1v) is 8.03. The molecule has 4 nitrogen and oxygen atoms in total. The molecule has 0 spiro atoms. The maximum Gasteiger partial charge on any atom is 0.323 e. The Morgan fingerprint density at radius 1 is 1.25 bits per heavy atom. The lowest BCUT2D eigenvalue weighted by atomic mass is 9.99. The number of anilines is 1. The summed E-state index contributed by atoms with van der Waals surface area (Å²) in [5.74, 6) is -1.37. The fourth-order valence-electron chi connectivity index (χ4n) is 3.18. The van der Waals surface area contributed by atoms with Gasteiger partial charge in [0.2, 0.25) is 0 Å². The van der Waals surface area contributed by atoms with Crippen molar-refractivity contribution in [3.63, 3.8) is 0 Å². The average Bonchev–Trinajstić information content (AvgIpc) is 2.56. The van der Waals surface area contributed by atoms with Gasteiger partial charge >= 0.3 is 5.97 Å². The highest BCUT2D eigenvalue weighted by molar-refractivity contribution is 5.73. The van der Waals surface area contributed by atoms with Crippen LogP contribution in [0, 0.1) is 5.82 Å². The van der Waals surface area contributed by atoms with Gasteiger partial charge in [0.25, 0.3) is 0 Å². The van der Waals surface area contributed by atoms with Gasteiger partial charge in [-0.15, -0.1) is 0 Å². The summed E-state index contributed by atoms with van der Waals surface area (Å²) in [4.78, 5) is 14.6. The molecule has 0 unspecified atom stereocenters. The van der Waals surface area contributed by atoms with Crippen LogP contribution in [0.4, 0.5) is 10.1 Å². The van der Waals surface area contributed by atoms with E-state index in [0.29, 0.717) is 5.69 Å². The summed E-state index contributed by atoms with van der Waals surface area (Å²) in [5, 5.41) is 8.89. The molecule has 0 saturated carbocycles. The molecule has 0 aliphatic carbocycles. The number of aliphatic carboxylic acids is 1. The fourth-order valence-corrected chi connectivity index (χ4v) is 3.18. The second-order valence-corrected chi connectivity index (χ2v) is 6.26. The van der Waals surface area contributed by atoms with E-state index in [-0.39, 0.29) is 6.54 Å². The van der Waals surface area contributed by atoms with Gasteiger partial charge in [-0.2, -0.15) is 0 Å². The predicted octanol–water partition coefficient (Wildman–Crippen LogP) is 2.90. The highest BCUT2D eigenvalue weighted by Gasteiger charge is 2.17. The Hall–Kier alpha value is -2.40. The Morgan fingerprint density at radius 3 is 2.75 bits per heavy atom. The molecule has 0 saturated heterocycles. The van der Waals surface area contributed by atoms with Crippen molar-refractivity contribution in [2.45, 2.75) is 19.5 Å². The Morgan fingerprint density at radius 2 is 2.00 bits per heavy atom. The monoisotopic (exact) mass is 328 g/mol. The first kappa shape index (κ1) is 16.5. The van der Waals surface area contributed by atoms with Crippen LogP contribution in [0.3, 0.4) is 0 Å². The lowest BCUT2D eigenvalue weighted by molar-refractivity contribution is -0.135. The quantitative estimate of drug-likeness (QED) is 0.916. The van der Waals surface area contributed by atoms with Gasteiger partial charge in [-0.3, -0.25) is 9.69 Å². The van der Waals surface area contributed by atoms with Gasteiger partial charge in [0.1, 0.15) is 12.4 Å². The number of hydrogen-bond donors (Lipinski definition) is 1. The maximum atomic E-state index is 14.0. The van der Waals surface area contributed by atoms with E-state index in [9.17, 15) is 9.18 Å². The molecule has 1 heterocycles. The van der Waals surface area contributed by atoms with Crippen LogP contribution in [0.15, 0.2) is 42.5 Å². The summed E-state index contributed by atoms with van der Waals surface area (Å²) >= 11 is 0. The molecule has 24 heavy (non-hydrogen) atoms. The summed E-state index contributed by atoms with van der Waals surface area (Å²) in [5.41, 5.74) is 4.05. The normalized spacial score (nSPS) is 14.2. The molecule has 2 aromatic rings. The van der Waals surface area contributed by atoms with E-state index in [4.69, 9.17) is 5.11 Å². The third-order valence-corrected chi connectivity index (χ3v) is 4.41. The molecule has 0 aromatic heterocycles. The van der Waals surface area contributed by atoms with Crippen molar-refractivity contribution in [3.8, 4) is 0 Å². The van der Waals surface area contributed by atoms with E-state index >= 15 is 0 Å². The van der Waals surface area contributed by atoms with E-state index in [0.717, 1.165) is 31.6 Å². The van der Waals surface area contributed by atoms with Crippen molar-refractivity contribution in [2.75, 3.05) is 25.0 Å². The van der Waals surface area contributed by atoms with Crippen molar-refractivity contribution < 1.29 is 14.3 Å². The summed E-state index contributed by atoms with van der Waals surface area (Å²) in [7, 11) is 1.59. The number of rotatable bonds is 5. The van der Waals surface area contributed by atoms with E-state index < -0.39 is 11.8 Å². The van der Waals surface area contributed by atoms with Crippen LogP contribution in [-0.4, -0.2) is 36.1 Å². The van der Waals surface area contributed by atoms with E-state index in [1.54, 1.807) is 19.2 Å². The lowest BCUT2D eigenvalue weighted by Crippen LogP contribution is -2.30. The van der Waals surface area contributed by atoms with Crippen LogP contribution in [-0.2, 0) is 24.3 Å². The zero-order chi connectivity index (χ0) is 17.1. The number of carboxylic acids is 1. The summed E-state index contributed by atoms with van der Waals surface area (Å²) in [6.07, 6.45) is 1.02.